The highest BCUT2D eigenvalue weighted by molar-refractivity contribution is 5.27. The summed E-state index contributed by atoms with van der Waals surface area (Å²) in [5, 5.41) is 15.0. The highest BCUT2D eigenvalue weighted by atomic mass is 16.5. The Labute approximate surface area is 127 Å². The predicted octanol–water partition coefficient (Wildman–Crippen LogP) is 3.61. The van der Waals surface area contributed by atoms with Gasteiger partial charge < -0.3 is 9.84 Å². The molecule has 1 aliphatic carbocycles. The fourth-order valence-electron chi connectivity index (χ4n) is 4.30. The lowest BCUT2D eigenvalue weighted by Crippen LogP contribution is -2.38. The number of ether oxygens (including phenoxy) is 1. The number of nitrogens with zero attached hydrogens (tertiary/aromatic N) is 2. The van der Waals surface area contributed by atoms with E-state index >= 15 is 0 Å². The van der Waals surface area contributed by atoms with Gasteiger partial charge in [0.2, 0.25) is 0 Å². The first-order valence-corrected chi connectivity index (χ1v) is 8.44. The van der Waals surface area contributed by atoms with Crippen LogP contribution < -0.4 is 0 Å². The lowest BCUT2D eigenvalue weighted by atomic mass is 9.89. The molecule has 0 amide bonds. The van der Waals surface area contributed by atoms with Crippen molar-refractivity contribution < 1.29 is 9.84 Å². The molecular formula is C17H28N2O2. The zero-order valence-electron chi connectivity index (χ0n) is 13.6. The van der Waals surface area contributed by atoms with Crippen LogP contribution in [0.1, 0.15) is 81.0 Å². The largest absolute Gasteiger partial charge is 0.388 e. The number of aryl methyl sites for hydroxylation is 1. The molecule has 2 atom stereocenters. The number of aliphatic hydroxyl groups excluding tert-OH is 1. The normalized spacial score (nSPS) is 26.4. The molecule has 0 radical (unpaired) electrons. The van der Waals surface area contributed by atoms with Crippen LogP contribution in [0.5, 0.6) is 0 Å². The quantitative estimate of drug-likeness (QED) is 0.925. The summed E-state index contributed by atoms with van der Waals surface area (Å²) in [5.74, 6) is 0. The lowest BCUT2D eigenvalue weighted by molar-refractivity contribution is -0.0912. The van der Waals surface area contributed by atoms with Gasteiger partial charge in [0.25, 0.3) is 0 Å². The van der Waals surface area contributed by atoms with E-state index in [2.05, 4.69) is 11.6 Å². The average molecular weight is 292 g/mol. The third-order valence-corrected chi connectivity index (χ3v) is 5.43. The van der Waals surface area contributed by atoms with Crippen molar-refractivity contribution in [2.75, 3.05) is 6.61 Å². The maximum absolute atomic E-state index is 10.2. The minimum atomic E-state index is -0.390. The molecule has 1 spiro atoms. The molecule has 1 aliphatic heterocycles. The van der Waals surface area contributed by atoms with Gasteiger partial charge in [-0.1, -0.05) is 19.8 Å². The Morgan fingerprint density at radius 2 is 2.10 bits per heavy atom. The van der Waals surface area contributed by atoms with E-state index in [1.165, 1.54) is 25.7 Å². The predicted molar refractivity (Wildman–Crippen MR) is 82.4 cm³/mol. The van der Waals surface area contributed by atoms with E-state index in [4.69, 9.17) is 9.84 Å². The van der Waals surface area contributed by atoms with Crippen molar-refractivity contribution in [3.63, 3.8) is 0 Å². The fourth-order valence-corrected chi connectivity index (χ4v) is 4.30. The fraction of sp³-hybridized carbons (Fsp3) is 0.824. The zero-order valence-corrected chi connectivity index (χ0v) is 13.6. The molecule has 0 aromatic carbocycles. The summed E-state index contributed by atoms with van der Waals surface area (Å²) in [7, 11) is 0. The average Bonchev–Trinajstić information content (AvgIpc) is 3.03. The minimum Gasteiger partial charge on any atom is -0.388 e. The number of hydrogen-bond donors (Lipinski definition) is 1. The van der Waals surface area contributed by atoms with Gasteiger partial charge in [-0.2, -0.15) is 5.10 Å². The van der Waals surface area contributed by atoms with Crippen molar-refractivity contribution >= 4 is 0 Å². The van der Waals surface area contributed by atoms with Gasteiger partial charge in [0.05, 0.1) is 23.4 Å². The van der Waals surface area contributed by atoms with Crippen molar-refractivity contribution in [1.29, 1.82) is 0 Å². The first-order chi connectivity index (χ1) is 10.1. The number of rotatable bonds is 3. The Kier molecular flexibility index (Phi) is 4.10. The SMILES string of the molecule is CCC(O)c1c(C)nn(C2CCOC3(CCCC3)C2)c1C. The molecule has 118 valence electrons. The van der Waals surface area contributed by atoms with E-state index in [0.717, 1.165) is 42.8 Å². The zero-order chi connectivity index (χ0) is 15.0. The second-order valence-electron chi connectivity index (χ2n) is 6.84. The molecule has 4 nitrogen and oxygen atoms in total. The van der Waals surface area contributed by atoms with Crippen LogP contribution in [-0.2, 0) is 4.74 Å². The summed E-state index contributed by atoms with van der Waals surface area (Å²) in [4.78, 5) is 0. The van der Waals surface area contributed by atoms with Gasteiger partial charge in [-0.15, -0.1) is 0 Å². The smallest absolute Gasteiger partial charge is 0.0823 e. The standard InChI is InChI=1S/C17H28N2O2/c1-4-15(20)16-12(2)18-19(13(16)3)14-7-10-21-17(11-14)8-5-6-9-17/h14-15,20H,4-11H2,1-3H3. The summed E-state index contributed by atoms with van der Waals surface area (Å²) in [5.41, 5.74) is 3.26. The topological polar surface area (TPSA) is 47.3 Å². The summed E-state index contributed by atoms with van der Waals surface area (Å²) in [6.45, 7) is 6.98. The Hall–Kier alpha value is -0.870. The van der Waals surface area contributed by atoms with E-state index in [1.54, 1.807) is 0 Å². The second kappa shape index (κ2) is 5.73. The van der Waals surface area contributed by atoms with Crippen molar-refractivity contribution in [1.82, 2.24) is 9.78 Å². The molecule has 1 N–H and O–H groups in total. The number of aromatic nitrogens is 2. The molecular weight excluding hydrogens is 264 g/mol. The van der Waals surface area contributed by atoms with Crippen LogP contribution in [0.3, 0.4) is 0 Å². The maximum Gasteiger partial charge on any atom is 0.0823 e. The number of hydrogen-bond acceptors (Lipinski definition) is 3. The highest BCUT2D eigenvalue weighted by Gasteiger charge is 2.41. The van der Waals surface area contributed by atoms with Crippen LogP contribution in [0.25, 0.3) is 0 Å². The van der Waals surface area contributed by atoms with Gasteiger partial charge in [0.1, 0.15) is 0 Å². The monoisotopic (exact) mass is 292 g/mol. The van der Waals surface area contributed by atoms with Crippen LogP contribution >= 0.6 is 0 Å². The molecule has 0 bridgehead atoms. The van der Waals surface area contributed by atoms with Crippen LogP contribution in [0.4, 0.5) is 0 Å². The maximum atomic E-state index is 10.2. The third kappa shape index (κ3) is 2.64. The Morgan fingerprint density at radius 1 is 1.38 bits per heavy atom. The third-order valence-electron chi connectivity index (χ3n) is 5.43. The second-order valence-corrected chi connectivity index (χ2v) is 6.84. The van der Waals surface area contributed by atoms with Crippen molar-refractivity contribution in [3.05, 3.63) is 17.0 Å². The van der Waals surface area contributed by atoms with E-state index in [0.29, 0.717) is 6.04 Å². The Morgan fingerprint density at radius 3 is 2.76 bits per heavy atom. The van der Waals surface area contributed by atoms with Gasteiger partial charge in [0, 0.05) is 17.9 Å². The molecule has 3 rings (SSSR count). The first-order valence-electron chi connectivity index (χ1n) is 8.44. The molecule has 1 saturated heterocycles. The van der Waals surface area contributed by atoms with E-state index in [9.17, 15) is 5.11 Å². The van der Waals surface area contributed by atoms with Crippen LogP contribution in [0.2, 0.25) is 0 Å². The van der Waals surface area contributed by atoms with Gasteiger partial charge in [-0.05, 0) is 46.0 Å². The molecule has 1 saturated carbocycles. The van der Waals surface area contributed by atoms with Crippen molar-refractivity contribution in [2.24, 2.45) is 0 Å². The van der Waals surface area contributed by atoms with Crippen LogP contribution in [0.15, 0.2) is 0 Å². The van der Waals surface area contributed by atoms with Crippen LogP contribution in [0, 0.1) is 13.8 Å². The van der Waals surface area contributed by atoms with Gasteiger partial charge in [0.15, 0.2) is 0 Å². The summed E-state index contributed by atoms with van der Waals surface area (Å²) in [6.07, 6.45) is 7.46. The van der Waals surface area contributed by atoms with Crippen molar-refractivity contribution in [3.8, 4) is 0 Å². The molecule has 2 fully saturated rings. The first kappa shape index (κ1) is 15.0. The summed E-state index contributed by atoms with van der Waals surface area (Å²) in [6, 6.07) is 0.424. The van der Waals surface area contributed by atoms with Gasteiger partial charge in [-0.25, -0.2) is 0 Å². The molecule has 2 heterocycles. The van der Waals surface area contributed by atoms with E-state index in [1.807, 2.05) is 13.8 Å². The summed E-state index contributed by atoms with van der Waals surface area (Å²) >= 11 is 0. The molecule has 4 heteroatoms. The van der Waals surface area contributed by atoms with Gasteiger partial charge in [-0.3, -0.25) is 4.68 Å². The molecule has 2 unspecified atom stereocenters. The molecule has 21 heavy (non-hydrogen) atoms. The molecule has 2 aliphatic rings. The molecule has 1 aromatic rings. The van der Waals surface area contributed by atoms with Crippen LogP contribution in [-0.4, -0.2) is 27.1 Å². The lowest BCUT2D eigenvalue weighted by Gasteiger charge is -2.38. The minimum absolute atomic E-state index is 0.110. The Balaban J connectivity index is 1.86. The highest BCUT2D eigenvalue weighted by Crippen LogP contribution is 2.44. The van der Waals surface area contributed by atoms with Gasteiger partial charge >= 0.3 is 0 Å². The summed E-state index contributed by atoms with van der Waals surface area (Å²) < 4.78 is 8.31. The molecule has 1 aromatic heterocycles. The van der Waals surface area contributed by atoms with Crippen molar-refractivity contribution in [2.45, 2.75) is 83.5 Å². The van der Waals surface area contributed by atoms with E-state index in [-0.39, 0.29) is 11.7 Å². The van der Waals surface area contributed by atoms with E-state index < -0.39 is 0 Å². The Bertz CT molecular complexity index is 503. The number of aliphatic hydroxyl groups is 1.